The molecule has 0 aliphatic carbocycles. The van der Waals surface area contributed by atoms with Crippen LogP contribution in [0.15, 0.2) is 39.9 Å². The Morgan fingerprint density at radius 3 is 2.51 bits per heavy atom. The van der Waals surface area contributed by atoms with Crippen molar-refractivity contribution in [3.8, 4) is 11.8 Å². The quantitative estimate of drug-likeness (QED) is 0.332. The first-order valence-corrected chi connectivity index (χ1v) is 13.7. The molecule has 4 heterocycles. The first kappa shape index (κ1) is 31.9. The number of likely N-dealkylation sites (tertiary alicyclic amines) is 1. The predicted octanol–water partition coefficient (Wildman–Crippen LogP) is 2.54. The maximum Gasteiger partial charge on any atom is 0.493 e. The molecular formula is C28H27F6N7O4. The largest absolute Gasteiger partial charge is 0.493 e. The SMILES string of the molecule is CC#CCN1c2c(n(C)c(=O)n(Cc3nc(C(F)(F)F)cc4ccccc34)c2=O)N(OC(=O)C(F)(F)F)C1N1CCC[C@@H](N)C1. The van der Waals surface area contributed by atoms with Gasteiger partial charge in [0.25, 0.3) is 5.56 Å². The first-order chi connectivity index (χ1) is 21.1. The molecule has 45 heavy (non-hydrogen) atoms. The Morgan fingerprint density at radius 1 is 1.16 bits per heavy atom. The number of pyridine rings is 1. The summed E-state index contributed by atoms with van der Waals surface area (Å²) in [5, 5.41) is 0.952. The van der Waals surface area contributed by atoms with Crippen molar-refractivity contribution < 1.29 is 36.0 Å². The highest BCUT2D eigenvalue weighted by Gasteiger charge is 2.51. The van der Waals surface area contributed by atoms with Gasteiger partial charge in [-0.2, -0.15) is 26.3 Å². The standard InChI is InChI=1S/C28H27F6N7O4/c1-3-4-12-39-21-22(41(45-24(43)28(32,33)34)25(39)38-11-7-9-17(35)14-38)37(2)26(44)40(23(21)42)15-19-18-10-6-5-8-16(18)13-20(36-19)27(29,30)31/h5-6,8,10,13,17,25H,7,9,11-12,14-15,35H2,1-2H3/t17-,25?/m1/s1. The van der Waals surface area contributed by atoms with Crippen LogP contribution >= 0.6 is 0 Å². The number of aromatic nitrogens is 3. The van der Waals surface area contributed by atoms with Crippen LogP contribution in [0.5, 0.6) is 0 Å². The van der Waals surface area contributed by atoms with Crippen molar-refractivity contribution >= 4 is 28.2 Å². The monoisotopic (exact) mass is 639 g/mol. The first-order valence-electron chi connectivity index (χ1n) is 13.7. The molecule has 1 unspecified atom stereocenters. The van der Waals surface area contributed by atoms with Crippen LogP contribution in [0.4, 0.5) is 37.8 Å². The molecule has 0 saturated carbocycles. The lowest BCUT2D eigenvalue weighted by Crippen LogP contribution is -2.60. The molecule has 11 nitrogen and oxygen atoms in total. The third-order valence-corrected chi connectivity index (χ3v) is 7.55. The molecule has 2 aliphatic rings. The van der Waals surface area contributed by atoms with Crippen molar-refractivity contribution in [1.82, 2.24) is 19.0 Å². The van der Waals surface area contributed by atoms with Gasteiger partial charge in [-0.1, -0.05) is 30.2 Å². The summed E-state index contributed by atoms with van der Waals surface area (Å²) in [6, 6.07) is 6.42. The van der Waals surface area contributed by atoms with Crippen molar-refractivity contribution in [2.45, 2.75) is 51.0 Å². The second kappa shape index (κ2) is 11.7. The Morgan fingerprint density at radius 2 is 1.87 bits per heavy atom. The highest BCUT2D eigenvalue weighted by atomic mass is 19.4. The molecule has 2 atom stereocenters. The number of rotatable bonds is 5. The van der Waals surface area contributed by atoms with E-state index in [2.05, 4.69) is 16.8 Å². The van der Waals surface area contributed by atoms with Crippen molar-refractivity contribution in [1.29, 1.82) is 0 Å². The molecular weight excluding hydrogens is 612 g/mol. The predicted molar refractivity (Wildman–Crippen MR) is 150 cm³/mol. The fourth-order valence-electron chi connectivity index (χ4n) is 5.57. The number of nitrogens with zero attached hydrogens (tertiary/aromatic N) is 6. The number of nitrogens with two attached hydrogens (primary N) is 1. The Labute approximate surface area is 251 Å². The average molecular weight is 640 g/mol. The van der Waals surface area contributed by atoms with Crippen molar-refractivity contribution in [3.05, 3.63) is 62.6 Å². The van der Waals surface area contributed by atoms with Crippen LogP contribution in [-0.2, 0) is 29.4 Å². The average Bonchev–Trinajstić information content (AvgIpc) is 3.29. The van der Waals surface area contributed by atoms with Gasteiger partial charge in [0, 0.05) is 31.6 Å². The van der Waals surface area contributed by atoms with Gasteiger partial charge in [-0.15, -0.1) is 11.0 Å². The molecule has 0 bridgehead atoms. The summed E-state index contributed by atoms with van der Waals surface area (Å²) in [7, 11) is 1.14. The van der Waals surface area contributed by atoms with Crippen molar-refractivity contribution in [2.75, 3.05) is 29.6 Å². The van der Waals surface area contributed by atoms with E-state index in [-0.39, 0.29) is 41.8 Å². The van der Waals surface area contributed by atoms with E-state index < -0.39 is 60.0 Å². The van der Waals surface area contributed by atoms with Crippen LogP contribution in [0.1, 0.15) is 31.2 Å². The summed E-state index contributed by atoms with van der Waals surface area (Å²) in [5.41, 5.74) is 2.14. The zero-order valence-corrected chi connectivity index (χ0v) is 23.9. The molecule has 240 valence electrons. The third kappa shape index (κ3) is 5.94. The van der Waals surface area contributed by atoms with Gasteiger partial charge in [0.1, 0.15) is 5.69 Å². The van der Waals surface area contributed by atoms with Crippen molar-refractivity contribution in [3.63, 3.8) is 0 Å². The highest BCUT2D eigenvalue weighted by molar-refractivity contribution is 5.85. The number of benzene rings is 1. The number of hydrogen-bond acceptors (Lipinski definition) is 9. The van der Waals surface area contributed by atoms with Gasteiger partial charge in [-0.25, -0.2) is 14.6 Å². The van der Waals surface area contributed by atoms with Gasteiger partial charge < -0.3 is 15.5 Å². The number of hydrogen-bond donors (Lipinski definition) is 1. The van der Waals surface area contributed by atoms with Crippen LogP contribution in [-0.4, -0.2) is 63.1 Å². The number of piperidine rings is 1. The smallest absolute Gasteiger partial charge is 0.327 e. The van der Waals surface area contributed by atoms with E-state index >= 15 is 0 Å². The van der Waals surface area contributed by atoms with Crippen molar-refractivity contribution in [2.24, 2.45) is 12.8 Å². The maximum absolute atomic E-state index is 14.1. The van der Waals surface area contributed by atoms with Crippen LogP contribution in [0.3, 0.4) is 0 Å². The summed E-state index contributed by atoms with van der Waals surface area (Å²) in [4.78, 5) is 51.3. The summed E-state index contributed by atoms with van der Waals surface area (Å²) in [6.45, 7) is 0.950. The van der Waals surface area contributed by atoms with Gasteiger partial charge in [0.15, 0.2) is 17.8 Å². The van der Waals surface area contributed by atoms with E-state index in [4.69, 9.17) is 10.6 Å². The molecule has 5 rings (SSSR count). The van der Waals surface area contributed by atoms with Gasteiger partial charge in [-0.05, 0) is 31.2 Å². The number of fused-ring (bicyclic) bond motifs is 2. The van der Waals surface area contributed by atoms with Crippen LogP contribution in [0.2, 0.25) is 0 Å². The zero-order valence-electron chi connectivity index (χ0n) is 23.9. The molecule has 1 aromatic carbocycles. The molecule has 2 aliphatic heterocycles. The van der Waals surface area contributed by atoms with E-state index in [9.17, 15) is 40.7 Å². The normalized spacial score (nSPS) is 19.0. The topological polar surface area (TPSA) is 119 Å². The molecule has 2 N–H and O–H groups in total. The fraction of sp³-hybridized carbons (Fsp3) is 0.429. The molecule has 0 amide bonds. The Hall–Kier alpha value is -4.56. The van der Waals surface area contributed by atoms with E-state index in [1.54, 1.807) is 11.0 Å². The molecule has 3 aromatic rings. The molecule has 0 radical (unpaired) electrons. The molecule has 1 fully saturated rings. The Balaban J connectivity index is 1.73. The molecule has 17 heteroatoms. The minimum Gasteiger partial charge on any atom is -0.327 e. The van der Waals surface area contributed by atoms with E-state index in [1.165, 1.54) is 30.0 Å². The lowest BCUT2D eigenvalue weighted by molar-refractivity contribution is -0.203. The lowest BCUT2D eigenvalue weighted by atomic mass is 10.1. The Kier molecular flexibility index (Phi) is 8.31. The lowest BCUT2D eigenvalue weighted by Gasteiger charge is -2.41. The zero-order chi connectivity index (χ0) is 32.8. The number of hydroxylamine groups is 1. The number of halogens is 6. The summed E-state index contributed by atoms with van der Waals surface area (Å²) in [6.07, 6.45) is -10.5. The minimum absolute atomic E-state index is 0.136. The maximum atomic E-state index is 14.1. The Bertz CT molecular complexity index is 1820. The third-order valence-electron chi connectivity index (χ3n) is 7.55. The molecule has 1 saturated heterocycles. The van der Waals surface area contributed by atoms with Gasteiger partial charge >= 0.3 is 24.0 Å². The summed E-state index contributed by atoms with van der Waals surface area (Å²) < 4.78 is 82.9. The second-order valence-corrected chi connectivity index (χ2v) is 10.6. The van der Waals surface area contributed by atoms with Crippen LogP contribution in [0.25, 0.3) is 10.8 Å². The summed E-state index contributed by atoms with van der Waals surface area (Å²) >= 11 is 0. The fourth-order valence-corrected chi connectivity index (χ4v) is 5.57. The van der Waals surface area contributed by atoms with Gasteiger partial charge in [0.05, 0.1) is 18.8 Å². The van der Waals surface area contributed by atoms with E-state index in [0.717, 1.165) is 17.7 Å². The minimum atomic E-state index is -5.43. The molecule has 0 spiro atoms. The number of carbonyl (C=O) groups excluding carboxylic acids is 1. The van der Waals surface area contributed by atoms with Gasteiger partial charge in [0.2, 0.25) is 0 Å². The van der Waals surface area contributed by atoms with E-state index in [0.29, 0.717) is 22.5 Å². The number of anilines is 2. The van der Waals surface area contributed by atoms with Crippen LogP contribution in [0, 0.1) is 11.8 Å². The number of carbonyl (C=O) groups is 1. The summed E-state index contributed by atoms with van der Waals surface area (Å²) in [5.74, 6) is 2.33. The van der Waals surface area contributed by atoms with Crippen LogP contribution < -0.4 is 26.9 Å². The molecule has 2 aromatic heterocycles. The second-order valence-electron chi connectivity index (χ2n) is 10.6. The van der Waals surface area contributed by atoms with E-state index in [1.807, 2.05) is 0 Å². The van der Waals surface area contributed by atoms with Gasteiger partial charge in [-0.3, -0.25) is 18.8 Å². The highest BCUT2D eigenvalue weighted by Crippen LogP contribution is 2.39. The number of alkyl halides is 6.